The van der Waals surface area contributed by atoms with E-state index in [-0.39, 0.29) is 5.41 Å². The minimum Gasteiger partial charge on any atom is -0.494 e. The van der Waals surface area contributed by atoms with Gasteiger partial charge in [-0.2, -0.15) is 5.26 Å². The van der Waals surface area contributed by atoms with Crippen molar-refractivity contribution >= 4 is 5.69 Å². The van der Waals surface area contributed by atoms with Crippen molar-refractivity contribution in [3.8, 4) is 11.8 Å². The van der Waals surface area contributed by atoms with Gasteiger partial charge in [0.15, 0.2) is 0 Å². The SMILES string of the molecule is CCOc1ccc(NCC2(C#N)CCC2)cc1. The lowest BCUT2D eigenvalue weighted by atomic mass is 9.70. The van der Waals surface area contributed by atoms with Crippen molar-refractivity contribution < 1.29 is 4.74 Å². The van der Waals surface area contributed by atoms with Gasteiger partial charge < -0.3 is 10.1 Å². The van der Waals surface area contributed by atoms with E-state index in [4.69, 9.17) is 10.00 Å². The first-order valence-electron chi connectivity index (χ1n) is 6.16. The van der Waals surface area contributed by atoms with Crippen LogP contribution < -0.4 is 10.1 Å². The monoisotopic (exact) mass is 230 g/mol. The van der Waals surface area contributed by atoms with Gasteiger partial charge in [0.2, 0.25) is 0 Å². The standard InChI is InChI=1S/C14H18N2O/c1-2-17-13-6-4-12(5-7-13)16-11-14(10-15)8-3-9-14/h4-7,16H,2-3,8-9,11H2,1H3. The van der Waals surface area contributed by atoms with Crippen molar-refractivity contribution in [3.05, 3.63) is 24.3 Å². The number of nitrogens with zero attached hydrogens (tertiary/aromatic N) is 1. The molecular formula is C14H18N2O. The van der Waals surface area contributed by atoms with Crippen molar-refractivity contribution in [1.82, 2.24) is 0 Å². The maximum Gasteiger partial charge on any atom is 0.119 e. The van der Waals surface area contributed by atoms with Gasteiger partial charge in [0.05, 0.1) is 18.1 Å². The molecule has 0 heterocycles. The second-order valence-electron chi connectivity index (χ2n) is 4.56. The summed E-state index contributed by atoms with van der Waals surface area (Å²) in [4.78, 5) is 0. The quantitative estimate of drug-likeness (QED) is 0.844. The van der Waals surface area contributed by atoms with Crippen LogP contribution >= 0.6 is 0 Å². The van der Waals surface area contributed by atoms with Crippen LogP contribution in [0.1, 0.15) is 26.2 Å². The van der Waals surface area contributed by atoms with Gasteiger partial charge in [0.1, 0.15) is 5.75 Å². The lowest BCUT2D eigenvalue weighted by Crippen LogP contribution is -2.34. The predicted molar refractivity (Wildman–Crippen MR) is 68.0 cm³/mol. The first-order chi connectivity index (χ1) is 8.28. The zero-order valence-corrected chi connectivity index (χ0v) is 10.2. The number of benzene rings is 1. The Morgan fingerprint density at radius 2 is 2.06 bits per heavy atom. The van der Waals surface area contributed by atoms with E-state index >= 15 is 0 Å². The highest BCUT2D eigenvalue weighted by atomic mass is 16.5. The Balaban J connectivity index is 1.89. The second kappa shape index (κ2) is 5.09. The van der Waals surface area contributed by atoms with Gasteiger partial charge in [0.25, 0.3) is 0 Å². The summed E-state index contributed by atoms with van der Waals surface area (Å²) in [6, 6.07) is 10.3. The molecule has 90 valence electrons. The molecule has 0 amide bonds. The third-order valence-electron chi connectivity index (χ3n) is 3.34. The molecule has 0 unspecified atom stereocenters. The van der Waals surface area contributed by atoms with Crippen LogP contribution in [0.2, 0.25) is 0 Å². The molecular weight excluding hydrogens is 212 g/mol. The molecule has 0 radical (unpaired) electrons. The van der Waals surface area contributed by atoms with Crippen molar-refractivity contribution in [2.75, 3.05) is 18.5 Å². The van der Waals surface area contributed by atoms with Crippen LogP contribution in [-0.4, -0.2) is 13.2 Å². The van der Waals surface area contributed by atoms with Gasteiger partial charge in [0, 0.05) is 12.2 Å². The van der Waals surface area contributed by atoms with E-state index in [1.807, 2.05) is 31.2 Å². The molecule has 0 aliphatic heterocycles. The summed E-state index contributed by atoms with van der Waals surface area (Å²) in [5, 5.41) is 12.4. The van der Waals surface area contributed by atoms with E-state index < -0.39 is 0 Å². The number of nitriles is 1. The van der Waals surface area contributed by atoms with Crippen LogP contribution in [-0.2, 0) is 0 Å². The van der Waals surface area contributed by atoms with Crippen LogP contribution in [0.5, 0.6) is 5.75 Å². The smallest absolute Gasteiger partial charge is 0.119 e. The van der Waals surface area contributed by atoms with Gasteiger partial charge >= 0.3 is 0 Å². The topological polar surface area (TPSA) is 45.0 Å². The molecule has 0 aromatic heterocycles. The highest BCUT2D eigenvalue weighted by molar-refractivity contribution is 5.46. The van der Waals surface area contributed by atoms with Crippen LogP contribution in [0.3, 0.4) is 0 Å². The third kappa shape index (κ3) is 2.71. The fraction of sp³-hybridized carbons (Fsp3) is 0.500. The fourth-order valence-corrected chi connectivity index (χ4v) is 2.04. The van der Waals surface area contributed by atoms with E-state index in [1.54, 1.807) is 0 Å². The zero-order valence-electron chi connectivity index (χ0n) is 10.2. The van der Waals surface area contributed by atoms with Gasteiger partial charge in [-0.15, -0.1) is 0 Å². The van der Waals surface area contributed by atoms with Gasteiger partial charge in [-0.05, 0) is 44.0 Å². The maximum atomic E-state index is 9.12. The summed E-state index contributed by atoms with van der Waals surface area (Å²) in [7, 11) is 0. The summed E-state index contributed by atoms with van der Waals surface area (Å²) in [5.41, 5.74) is 0.925. The molecule has 1 N–H and O–H groups in total. The lowest BCUT2D eigenvalue weighted by molar-refractivity contribution is 0.233. The zero-order chi connectivity index (χ0) is 12.1. The molecule has 3 nitrogen and oxygen atoms in total. The van der Waals surface area contributed by atoms with Gasteiger partial charge in [-0.25, -0.2) is 0 Å². The Hall–Kier alpha value is -1.69. The van der Waals surface area contributed by atoms with Crippen molar-refractivity contribution in [3.63, 3.8) is 0 Å². The molecule has 1 aliphatic carbocycles. The van der Waals surface area contributed by atoms with Crippen LogP contribution in [0, 0.1) is 16.7 Å². The van der Waals surface area contributed by atoms with E-state index in [0.717, 1.165) is 30.8 Å². The Bertz CT molecular complexity index is 401. The van der Waals surface area contributed by atoms with Crippen LogP contribution in [0.25, 0.3) is 0 Å². The highest BCUT2D eigenvalue weighted by Crippen LogP contribution is 2.40. The molecule has 1 saturated carbocycles. The first-order valence-corrected chi connectivity index (χ1v) is 6.16. The third-order valence-corrected chi connectivity index (χ3v) is 3.34. The summed E-state index contributed by atoms with van der Waals surface area (Å²) >= 11 is 0. The molecule has 17 heavy (non-hydrogen) atoms. The normalized spacial score (nSPS) is 16.7. The number of rotatable bonds is 5. The lowest BCUT2D eigenvalue weighted by Gasteiger charge is -2.35. The Labute approximate surface area is 102 Å². The minimum absolute atomic E-state index is 0.126. The summed E-state index contributed by atoms with van der Waals surface area (Å²) in [5.74, 6) is 0.886. The molecule has 1 aromatic carbocycles. The van der Waals surface area contributed by atoms with Crippen molar-refractivity contribution in [1.29, 1.82) is 5.26 Å². The molecule has 0 saturated heterocycles. The highest BCUT2D eigenvalue weighted by Gasteiger charge is 2.36. The molecule has 0 spiro atoms. The van der Waals surface area contributed by atoms with E-state index in [2.05, 4.69) is 11.4 Å². The molecule has 1 aliphatic rings. The molecule has 1 fully saturated rings. The molecule has 1 aromatic rings. The van der Waals surface area contributed by atoms with E-state index in [1.165, 1.54) is 6.42 Å². The molecule has 0 atom stereocenters. The van der Waals surface area contributed by atoms with Crippen molar-refractivity contribution in [2.24, 2.45) is 5.41 Å². The first kappa shape index (κ1) is 11.8. The average molecular weight is 230 g/mol. The van der Waals surface area contributed by atoms with E-state index in [9.17, 15) is 0 Å². The molecule has 2 rings (SSSR count). The summed E-state index contributed by atoms with van der Waals surface area (Å²) in [6.07, 6.45) is 3.22. The Morgan fingerprint density at radius 1 is 1.35 bits per heavy atom. The number of nitrogens with one attached hydrogen (secondary N) is 1. The largest absolute Gasteiger partial charge is 0.494 e. The van der Waals surface area contributed by atoms with Crippen molar-refractivity contribution in [2.45, 2.75) is 26.2 Å². The fourth-order valence-electron chi connectivity index (χ4n) is 2.04. The van der Waals surface area contributed by atoms with Crippen LogP contribution in [0.15, 0.2) is 24.3 Å². The average Bonchev–Trinajstić information content (AvgIpc) is 2.31. The molecule has 0 bridgehead atoms. The number of ether oxygens (including phenoxy) is 1. The Morgan fingerprint density at radius 3 is 2.53 bits per heavy atom. The number of hydrogen-bond donors (Lipinski definition) is 1. The summed E-state index contributed by atoms with van der Waals surface area (Å²) < 4.78 is 5.38. The molecule has 3 heteroatoms. The number of anilines is 1. The maximum absolute atomic E-state index is 9.12. The van der Waals surface area contributed by atoms with E-state index in [0.29, 0.717) is 6.61 Å². The Kier molecular flexibility index (Phi) is 3.53. The second-order valence-corrected chi connectivity index (χ2v) is 4.56. The van der Waals surface area contributed by atoms with Gasteiger partial charge in [-0.1, -0.05) is 6.42 Å². The minimum atomic E-state index is -0.126. The predicted octanol–water partition coefficient (Wildman–Crippen LogP) is 3.19. The summed E-state index contributed by atoms with van der Waals surface area (Å²) in [6.45, 7) is 3.40. The van der Waals surface area contributed by atoms with Crippen LogP contribution in [0.4, 0.5) is 5.69 Å². The number of hydrogen-bond acceptors (Lipinski definition) is 3. The van der Waals surface area contributed by atoms with Gasteiger partial charge in [-0.3, -0.25) is 0 Å².